The van der Waals surface area contributed by atoms with Crippen LogP contribution in [0.1, 0.15) is 206 Å². The van der Waals surface area contributed by atoms with Gasteiger partial charge in [-0.05, 0) is 44.9 Å². The predicted octanol–water partition coefficient (Wildman–Crippen LogP) is 13.1. The fourth-order valence-electron chi connectivity index (χ4n) is 6.34. The molecule has 0 heterocycles. The second-order valence-corrected chi connectivity index (χ2v) is 18.2. The number of esters is 2. The molecule has 0 saturated heterocycles. The van der Waals surface area contributed by atoms with E-state index in [0.717, 1.165) is 57.8 Å². The fourth-order valence-corrected chi connectivity index (χ4v) is 7.08. The minimum absolute atomic E-state index is 0.0307. The van der Waals surface area contributed by atoms with E-state index in [2.05, 4.69) is 38.2 Å². The van der Waals surface area contributed by atoms with Crippen LogP contribution in [-0.2, 0) is 32.7 Å². The molecule has 0 saturated carbocycles. The zero-order valence-electron chi connectivity index (χ0n) is 37.1. The van der Waals surface area contributed by atoms with Crippen molar-refractivity contribution in [1.82, 2.24) is 0 Å². The third-order valence-electron chi connectivity index (χ3n) is 9.98. The molecule has 0 aliphatic rings. The van der Waals surface area contributed by atoms with Gasteiger partial charge in [0.25, 0.3) is 0 Å². The second kappa shape index (κ2) is 39.0. The first-order chi connectivity index (χ1) is 27.0. The molecule has 0 aliphatic carbocycles. The quantitative estimate of drug-likeness (QED) is 0.0213. The van der Waals surface area contributed by atoms with E-state index in [-0.39, 0.29) is 25.6 Å². The zero-order chi connectivity index (χ0) is 41.4. The molecule has 0 aromatic rings. The van der Waals surface area contributed by atoms with Crippen LogP contribution in [0.5, 0.6) is 0 Å². The van der Waals surface area contributed by atoms with Crippen molar-refractivity contribution in [2.45, 2.75) is 213 Å². The molecule has 2 unspecified atom stereocenters. The van der Waals surface area contributed by atoms with Crippen LogP contribution in [0, 0.1) is 0 Å². The molecule has 0 aliphatic heterocycles. The number of unbranched alkanes of at least 4 members (excludes halogenated alkanes) is 24. The Kier molecular flexibility index (Phi) is 37.9. The normalized spacial score (nSPS) is 13.8. The first-order valence-corrected chi connectivity index (χ1v) is 24.6. The van der Waals surface area contributed by atoms with Crippen molar-refractivity contribution in [3.8, 4) is 0 Å². The molecule has 0 spiro atoms. The van der Waals surface area contributed by atoms with Gasteiger partial charge in [0.15, 0.2) is 6.10 Å². The van der Waals surface area contributed by atoms with Crippen LogP contribution in [0.3, 0.4) is 0 Å². The number of allylic oxidation sites excluding steroid dienone is 4. The number of nitrogens with zero attached hydrogens (tertiary/aromatic N) is 1. The summed E-state index contributed by atoms with van der Waals surface area (Å²) in [6.07, 6.45) is 42.2. The Hall–Kier alpha value is -1.51. The molecule has 10 heteroatoms. The molecule has 0 rings (SSSR count). The maximum atomic E-state index is 12.7. The van der Waals surface area contributed by atoms with Gasteiger partial charge in [-0.2, -0.15) is 0 Å². The number of quaternary nitrogens is 1. The van der Waals surface area contributed by atoms with Crippen LogP contribution in [-0.4, -0.2) is 74.9 Å². The van der Waals surface area contributed by atoms with Crippen LogP contribution in [0.2, 0.25) is 0 Å². The van der Waals surface area contributed by atoms with E-state index in [1.165, 1.54) is 116 Å². The number of phosphoric ester groups is 1. The Morgan fingerprint density at radius 3 is 1.43 bits per heavy atom. The molecular weight excluding hydrogens is 725 g/mol. The van der Waals surface area contributed by atoms with E-state index in [0.29, 0.717) is 23.9 Å². The molecule has 330 valence electrons. The summed E-state index contributed by atoms with van der Waals surface area (Å²) in [5.41, 5.74) is 0. The first-order valence-electron chi connectivity index (χ1n) is 23.1. The average molecular weight is 815 g/mol. The average Bonchev–Trinajstić information content (AvgIpc) is 3.15. The predicted molar refractivity (Wildman–Crippen MR) is 234 cm³/mol. The Morgan fingerprint density at radius 1 is 0.554 bits per heavy atom. The van der Waals surface area contributed by atoms with Gasteiger partial charge < -0.3 is 18.9 Å². The molecule has 0 radical (unpaired) electrons. The van der Waals surface area contributed by atoms with Gasteiger partial charge in [0, 0.05) is 12.8 Å². The summed E-state index contributed by atoms with van der Waals surface area (Å²) < 4.78 is 34.3. The van der Waals surface area contributed by atoms with Crippen LogP contribution in [0.15, 0.2) is 24.3 Å². The van der Waals surface area contributed by atoms with Gasteiger partial charge in [-0.3, -0.25) is 18.6 Å². The lowest BCUT2D eigenvalue weighted by Crippen LogP contribution is -2.37. The molecule has 0 fully saturated rings. The fraction of sp³-hybridized carbons (Fsp3) is 0.870. The van der Waals surface area contributed by atoms with Gasteiger partial charge in [0.05, 0.1) is 27.7 Å². The molecule has 0 amide bonds. The number of ether oxygens (including phenoxy) is 2. The number of hydrogen-bond acceptors (Lipinski definition) is 7. The summed E-state index contributed by atoms with van der Waals surface area (Å²) in [4.78, 5) is 35.4. The van der Waals surface area contributed by atoms with Gasteiger partial charge in [-0.15, -0.1) is 0 Å². The van der Waals surface area contributed by atoms with E-state index < -0.39 is 26.5 Å². The van der Waals surface area contributed by atoms with Crippen LogP contribution < -0.4 is 0 Å². The summed E-state index contributed by atoms with van der Waals surface area (Å²) in [6, 6.07) is 0. The highest BCUT2D eigenvalue weighted by atomic mass is 31.2. The number of phosphoric acid groups is 1. The Morgan fingerprint density at radius 2 is 0.964 bits per heavy atom. The van der Waals surface area contributed by atoms with Crippen molar-refractivity contribution in [1.29, 1.82) is 0 Å². The van der Waals surface area contributed by atoms with E-state index in [4.69, 9.17) is 18.5 Å². The lowest BCUT2D eigenvalue weighted by molar-refractivity contribution is -0.870. The molecule has 1 N–H and O–H groups in total. The Balaban J connectivity index is 4.34. The van der Waals surface area contributed by atoms with Gasteiger partial charge in [-0.1, -0.05) is 173 Å². The van der Waals surface area contributed by atoms with Crippen molar-refractivity contribution >= 4 is 19.8 Å². The van der Waals surface area contributed by atoms with Crippen molar-refractivity contribution in [2.24, 2.45) is 0 Å². The molecule has 0 bridgehead atoms. The van der Waals surface area contributed by atoms with Crippen LogP contribution in [0.25, 0.3) is 0 Å². The minimum atomic E-state index is -4.38. The number of carbonyl (C=O) groups excluding carboxylic acids is 2. The second-order valence-electron chi connectivity index (χ2n) is 16.8. The summed E-state index contributed by atoms with van der Waals surface area (Å²) >= 11 is 0. The Labute approximate surface area is 345 Å². The van der Waals surface area contributed by atoms with Crippen molar-refractivity contribution in [3.05, 3.63) is 24.3 Å². The van der Waals surface area contributed by atoms with Gasteiger partial charge >= 0.3 is 19.8 Å². The van der Waals surface area contributed by atoms with Crippen LogP contribution in [0.4, 0.5) is 0 Å². The molecule has 56 heavy (non-hydrogen) atoms. The number of rotatable bonds is 42. The van der Waals surface area contributed by atoms with Crippen molar-refractivity contribution in [2.75, 3.05) is 47.5 Å². The summed E-state index contributed by atoms with van der Waals surface area (Å²) in [7, 11) is 1.47. The SMILES string of the molecule is CCCCCC/C=C\C/C=C\CCCCCCCC(=O)OC(COC(=O)CCCCCCCCCCCCCCCCCC)COP(=O)(O)OCC[N+](C)(C)C. The van der Waals surface area contributed by atoms with Gasteiger partial charge in [0.2, 0.25) is 0 Å². The number of carbonyl (C=O) groups is 2. The lowest BCUT2D eigenvalue weighted by Gasteiger charge is -2.24. The summed E-state index contributed by atoms with van der Waals surface area (Å²) in [5.74, 6) is -0.806. The van der Waals surface area contributed by atoms with E-state index in [1.54, 1.807) is 0 Å². The molecule has 2 atom stereocenters. The van der Waals surface area contributed by atoms with Gasteiger partial charge in [0.1, 0.15) is 19.8 Å². The number of likely N-dealkylation sites (N-methyl/N-ethyl adjacent to an activating group) is 1. The standard InChI is InChI=1S/C46H88NO8P/c1-6-8-10-12-14-16-18-20-22-24-26-28-30-32-34-36-38-45(48)52-42-44(43-54-56(50,51)53-41-40-47(3,4)5)55-46(49)39-37-35-33-31-29-27-25-23-21-19-17-15-13-11-9-7-2/h17,19,23,25,44H,6-16,18,20-22,24,26-43H2,1-5H3/p+1/b19-17-,25-23-. The Bertz CT molecular complexity index is 1010. The molecule has 0 aromatic carbocycles. The summed E-state index contributed by atoms with van der Waals surface area (Å²) in [6.45, 7) is 4.41. The highest BCUT2D eigenvalue weighted by Gasteiger charge is 2.27. The monoisotopic (exact) mass is 815 g/mol. The van der Waals surface area contributed by atoms with Gasteiger partial charge in [-0.25, -0.2) is 4.57 Å². The third kappa shape index (κ3) is 42.1. The zero-order valence-corrected chi connectivity index (χ0v) is 38.0. The van der Waals surface area contributed by atoms with E-state index >= 15 is 0 Å². The van der Waals surface area contributed by atoms with E-state index in [1.807, 2.05) is 21.1 Å². The molecular formula is C46H89NO8P+. The largest absolute Gasteiger partial charge is 0.472 e. The number of hydrogen-bond donors (Lipinski definition) is 1. The molecule has 9 nitrogen and oxygen atoms in total. The summed E-state index contributed by atoms with van der Waals surface area (Å²) in [5, 5.41) is 0. The highest BCUT2D eigenvalue weighted by molar-refractivity contribution is 7.47. The van der Waals surface area contributed by atoms with Crippen molar-refractivity contribution in [3.63, 3.8) is 0 Å². The maximum Gasteiger partial charge on any atom is 0.472 e. The first kappa shape index (κ1) is 54.5. The lowest BCUT2D eigenvalue weighted by atomic mass is 10.0. The topological polar surface area (TPSA) is 108 Å². The maximum absolute atomic E-state index is 12.7. The van der Waals surface area contributed by atoms with Crippen molar-refractivity contribution < 1.29 is 42.1 Å². The smallest absolute Gasteiger partial charge is 0.462 e. The van der Waals surface area contributed by atoms with E-state index in [9.17, 15) is 19.0 Å². The third-order valence-corrected chi connectivity index (χ3v) is 11.0. The highest BCUT2D eigenvalue weighted by Crippen LogP contribution is 2.43. The van der Waals surface area contributed by atoms with Crippen LogP contribution >= 0.6 is 7.82 Å². The molecule has 0 aromatic heterocycles. The minimum Gasteiger partial charge on any atom is -0.462 e.